The van der Waals surface area contributed by atoms with Gasteiger partial charge in [0.25, 0.3) is 0 Å². The first-order valence-corrected chi connectivity index (χ1v) is 11.5. The summed E-state index contributed by atoms with van der Waals surface area (Å²) in [7, 11) is 0. The van der Waals surface area contributed by atoms with E-state index in [4.69, 9.17) is 0 Å². The zero-order valence-electron chi connectivity index (χ0n) is 18.9. The molecule has 182 valence electrons. The maximum atomic E-state index is 12.9. The Hall–Kier alpha value is -2.07. The van der Waals surface area contributed by atoms with Crippen LogP contribution < -0.4 is 10.2 Å². The van der Waals surface area contributed by atoms with Crippen LogP contribution in [0.2, 0.25) is 0 Å². The zero-order valence-corrected chi connectivity index (χ0v) is 21.2. The summed E-state index contributed by atoms with van der Waals surface area (Å²) in [5.41, 5.74) is 0.866. The number of benzene rings is 2. The largest absolute Gasteiger partial charge is 2.00 e. The van der Waals surface area contributed by atoms with E-state index in [1.54, 1.807) is 0 Å². The fourth-order valence-corrected chi connectivity index (χ4v) is 3.38. The van der Waals surface area contributed by atoms with E-state index < -0.39 is 11.6 Å². The standard InChI is InChI=1S/C26H34F2N2O2.Pt/c27-23-13-11-21(25(31)17-23)19-29-15-9-7-5-3-1-2-4-6-8-10-16-30-20-22-12-14-24(28)18-26(22)32;/h11-14,17-20,31-32H,1-10,15-16H2;/q;+2/p-2. The number of hydrogen-bond donors (Lipinski definition) is 0. The van der Waals surface area contributed by atoms with Crippen molar-refractivity contribution in [1.82, 2.24) is 0 Å². The molecule has 0 unspecified atom stereocenters. The van der Waals surface area contributed by atoms with Crippen LogP contribution in [-0.2, 0) is 21.1 Å². The second-order valence-electron chi connectivity index (χ2n) is 7.97. The van der Waals surface area contributed by atoms with Gasteiger partial charge < -0.3 is 10.2 Å². The number of halogens is 2. The fraction of sp³-hybridized carbons (Fsp3) is 0.462. The van der Waals surface area contributed by atoms with E-state index in [0.29, 0.717) is 24.2 Å². The summed E-state index contributed by atoms with van der Waals surface area (Å²) in [5, 5.41) is 23.1. The average molecular weight is 638 g/mol. The molecule has 0 atom stereocenters. The van der Waals surface area contributed by atoms with Gasteiger partial charge in [-0.2, -0.15) is 0 Å². The van der Waals surface area contributed by atoms with E-state index in [9.17, 15) is 19.0 Å². The molecule has 33 heavy (non-hydrogen) atoms. The van der Waals surface area contributed by atoms with E-state index in [1.165, 1.54) is 75.2 Å². The number of nitrogens with zero attached hydrogens (tertiary/aromatic N) is 2. The molecule has 0 aliphatic rings. The van der Waals surface area contributed by atoms with Crippen molar-refractivity contribution < 1.29 is 40.1 Å². The molecule has 0 saturated heterocycles. The molecule has 0 spiro atoms. The van der Waals surface area contributed by atoms with Crippen molar-refractivity contribution in [1.29, 1.82) is 0 Å². The molecule has 0 aliphatic heterocycles. The Morgan fingerprint density at radius 3 is 1.24 bits per heavy atom. The maximum Gasteiger partial charge on any atom is 2.00 e. The first kappa shape index (κ1) is 29.0. The van der Waals surface area contributed by atoms with Gasteiger partial charge in [-0.3, -0.25) is 9.98 Å². The number of rotatable bonds is 15. The van der Waals surface area contributed by atoms with Gasteiger partial charge in [0.15, 0.2) is 0 Å². The Bertz CT molecular complexity index is 804. The first-order chi connectivity index (χ1) is 15.6. The molecule has 4 nitrogen and oxygen atoms in total. The van der Waals surface area contributed by atoms with Gasteiger partial charge in [0.1, 0.15) is 11.6 Å². The smallest absolute Gasteiger partial charge is 0.872 e. The van der Waals surface area contributed by atoms with Crippen LogP contribution in [0.15, 0.2) is 46.4 Å². The van der Waals surface area contributed by atoms with Gasteiger partial charge in [0.05, 0.1) is 0 Å². The van der Waals surface area contributed by atoms with Crippen molar-refractivity contribution in [3.8, 4) is 11.5 Å². The van der Waals surface area contributed by atoms with Gasteiger partial charge in [-0.25, -0.2) is 8.78 Å². The molecular weight excluding hydrogens is 605 g/mol. The van der Waals surface area contributed by atoms with Crippen molar-refractivity contribution in [2.24, 2.45) is 9.98 Å². The van der Waals surface area contributed by atoms with Crippen LogP contribution in [0.3, 0.4) is 0 Å². The van der Waals surface area contributed by atoms with Crippen LogP contribution in [0.1, 0.15) is 75.3 Å². The third-order valence-electron chi connectivity index (χ3n) is 5.24. The van der Waals surface area contributed by atoms with Crippen LogP contribution >= 0.6 is 0 Å². The summed E-state index contributed by atoms with van der Waals surface area (Å²) in [4.78, 5) is 8.52. The minimum absolute atomic E-state index is 0. The third kappa shape index (κ3) is 12.7. The molecule has 2 rings (SSSR count). The molecule has 0 N–H and O–H groups in total. The molecular formula is C26H32F2N2O2Pt. The third-order valence-corrected chi connectivity index (χ3v) is 5.24. The average Bonchev–Trinajstić information content (AvgIpc) is 2.76. The monoisotopic (exact) mass is 637 g/mol. The Balaban J connectivity index is 0.00000544. The van der Waals surface area contributed by atoms with Crippen molar-refractivity contribution in [2.45, 2.75) is 64.2 Å². The SMILES string of the molecule is [O-]c1cc(F)ccc1C=NCCCCCCCCCCCCN=Cc1ccc(F)cc1[O-].[Pt+2]. The van der Waals surface area contributed by atoms with Crippen molar-refractivity contribution >= 4 is 12.4 Å². The van der Waals surface area contributed by atoms with Gasteiger partial charge in [-0.1, -0.05) is 75.0 Å². The summed E-state index contributed by atoms with van der Waals surface area (Å²) in [6.07, 6.45) is 14.7. The quantitative estimate of drug-likeness (QED) is 0.190. The Morgan fingerprint density at radius 1 is 0.576 bits per heavy atom. The first-order valence-electron chi connectivity index (χ1n) is 11.5. The molecule has 0 bridgehead atoms. The number of unbranched alkanes of at least 4 members (excludes halogenated alkanes) is 9. The summed E-state index contributed by atoms with van der Waals surface area (Å²) in [6, 6.07) is 7.44. The van der Waals surface area contributed by atoms with Crippen LogP contribution in [0.4, 0.5) is 8.78 Å². The van der Waals surface area contributed by atoms with E-state index in [0.717, 1.165) is 37.8 Å². The van der Waals surface area contributed by atoms with Crippen molar-refractivity contribution in [2.75, 3.05) is 13.1 Å². The Labute approximate surface area is 210 Å². The normalized spacial score (nSPS) is 11.3. The van der Waals surface area contributed by atoms with Crippen molar-refractivity contribution in [3.05, 3.63) is 59.2 Å². The zero-order chi connectivity index (χ0) is 23.0. The van der Waals surface area contributed by atoms with Gasteiger partial charge in [0, 0.05) is 25.5 Å². The van der Waals surface area contributed by atoms with Gasteiger partial charge in [0.2, 0.25) is 0 Å². The van der Waals surface area contributed by atoms with Crippen LogP contribution in [0.25, 0.3) is 0 Å². The molecule has 7 heteroatoms. The fourth-order valence-electron chi connectivity index (χ4n) is 3.38. The van der Waals surface area contributed by atoms with Crippen LogP contribution in [0.5, 0.6) is 11.5 Å². The molecule has 0 aromatic heterocycles. The Kier molecular flexibility index (Phi) is 15.3. The minimum atomic E-state index is -0.514. The van der Waals surface area contributed by atoms with Crippen molar-refractivity contribution in [3.63, 3.8) is 0 Å². The maximum absolute atomic E-state index is 12.9. The van der Waals surface area contributed by atoms with E-state index in [1.807, 2.05) is 0 Å². The summed E-state index contributed by atoms with van der Waals surface area (Å²) in [6.45, 7) is 1.38. The molecule has 0 radical (unpaired) electrons. The van der Waals surface area contributed by atoms with Gasteiger partial charge >= 0.3 is 21.1 Å². The molecule has 0 saturated carbocycles. The van der Waals surface area contributed by atoms with Crippen LogP contribution in [0, 0.1) is 11.6 Å². The molecule has 0 fully saturated rings. The van der Waals surface area contributed by atoms with E-state index in [2.05, 4.69) is 9.98 Å². The molecule has 2 aromatic rings. The number of hydrogen-bond acceptors (Lipinski definition) is 4. The van der Waals surface area contributed by atoms with E-state index in [-0.39, 0.29) is 32.6 Å². The van der Waals surface area contributed by atoms with Crippen LogP contribution in [-0.4, -0.2) is 25.5 Å². The minimum Gasteiger partial charge on any atom is -0.872 e. The van der Waals surface area contributed by atoms with E-state index >= 15 is 0 Å². The number of aliphatic imine (C=N–C) groups is 2. The Morgan fingerprint density at radius 2 is 0.909 bits per heavy atom. The second-order valence-corrected chi connectivity index (χ2v) is 7.97. The topological polar surface area (TPSA) is 70.8 Å². The van der Waals surface area contributed by atoms with Gasteiger partial charge in [-0.05, 0) is 48.2 Å². The molecule has 0 amide bonds. The second kappa shape index (κ2) is 17.4. The van der Waals surface area contributed by atoms with Gasteiger partial charge in [-0.15, -0.1) is 0 Å². The summed E-state index contributed by atoms with van der Waals surface area (Å²) >= 11 is 0. The molecule has 0 aliphatic carbocycles. The molecule has 0 heterocycles. The predicted octanol–water partition coefficient (Wildman–Crippen LogP) is 5.55. The summed E-state index contributed by atoms with van der Waals surface area (Å²) < 4.78 is 25.8. The molecule has 2 aromatic carbocycles. The predicted molar refractivity (Wildman–Crippen MR) is 123 cm³/mol. The summed E-state index contributed by atoms with van der Waals surface area (Å²) in [5.74, 6) is -1.69.